The smallest absolute Gasteiger partial charge is 0.224 e. The lowest BCUT2D eigenvalue weighted by Crippen LogP contribution is -2.36. The Bertz CT molecular complexity index is 639. The molecule has 2 N–H and O–H groups in total. The second-order valence-corrected chi connectivity index (χ2v) is 5.37. The van der Waals surface area contributed by atoms with E-state index in [4.69, 9.17) is 9.84 Å². The summed E-state index contributed by atoms with van der Waals surface area (Å²) in [5.41, 5.74) is 0.979. The summed E-state index contributed by atoms with van der Waals surface area (Å²) in [6.07, 6.45) is 1.73. The van der Waals surface area contributed by atoms with E-state index in [0.717, 1.165) is 28.5 Å². The Balaban J connectivity index is 2.18. The van der Waals surface area contributed by atoms with Crippen molar-refractivity contribution in [1.82, 2.24) is 5.32 Å². The Hall–Kier alpha value is -2.07. The summed E-state index contributed by atoms with van der Waals surface area (Å²) in [5.74, 6) is 0.766. The predicted molar refractivity (Wildman–Crippen MR) is 88.1 cm³/mol. The zero-order valence-electron chi connectivity index (χ0n) is 13.1. The van der Waals surface area contributed by atoms with Crippen LogP contribution in [0.5, 0.6) is 5.75 Å². The van der Waals surface area contributed by atoms with Crippen molar-refractivity contribution in [2.45, 2.75) is 32.2 Å². The highest BCUT2D eigenvalue weighted by Gasteiger charge is 2.12. The number of carbonyl (C=O) groups is 1. The summed E-state index contributed by atoms with van der Waals surface area (Å²) in [5, 5.41) is 14.1. The Morgan fingerprint density at radius 2 is 2.14 bits per heavy atom. The number of amides is 1. The van der Waals surface area contributed by atoms with E-state index in [-0.39, 0.29) is 18.6 Å². The van der Waals surface area contributed by atoms with E-state index in [1.807, 2.05) is 43.3 Å². The van der Waals surface area contributed by atoms with Crippen LogP contribution in [0.2, 0.25) is 0 Å². The van der Waals surface area contributed by atoms with Gasteiger partial charge in [-0.1, -0.05) is 31.2 Å². The molecular weight excluding hydrogens is 278 g/mol. The fraction of sp³-hybridized carbons (Fsp3) is 0.389. The molecule has 0 bridgehead atoms. The number of aliphatic hydroxyl groups excluding tert-OH is 1. The van der Waals surface area contributed by atoms with Crippen LogP contribution in [-0.2, 0) is 11.2 Å². The molecule has 2 rings (SSSR count). The van der Waals surface area contributed by atoms with Crippen LogP contribution in [0.1, 0.15) is 25.3 Å². The average molecular weight is 301 g/mol. The highest BCUT2D eigenvalue weighted by molar-refractivity contribution is 5.91. The topological polar surface area (TPSA) is 58.6 Å². The molecular formula is C18H23NO3. The summed E-state index contributed by atoms with van der Waals surface area (Å²) in [7, 11) is 1.64. The Morgan fingerprint density at radius 1 is 1.32 bits per heavy atom. The number of hydrogen-bond donors (Lipinski definition) is 2. The fourth-order valence-corrected chi connectivity index (χ4v) is 2.58. The number of nitrogens with one attached hydrogen (secondary N) is 1. The lowest BCUT2D eigenvalue weighted by Gasteiger charge is -2.16. The molecule has 4 nitrogen and oxygen atoms in total. The molecule has 1 unspecified atom stereocenters. The second kappa shape index (κ2) is 7.80. The van der Waals surface area contributed by atoms with Crippen LogP contribution < -0.4 is 10.1 Å². The van der Waals surface area contributed by atoms with E-state index in [1.165, 1.54) is 0 Å². The van der Waals surface area contributed by atoms with Gasteiger partial charge in [0.2, 0.25) is 5.91 Å². The zero-order valence-corrected chi connectivity index (χ0v) is 13.1. The lowest BCUT2D eigenvalue weighted by molar-refractivity contribution is -0.121. The fourth-order valence-electron chi connectivity index (χ4n) is 2.58. The monoisotopic (exact) mass is 301 g/mol. The van der Waals surface area contributed by atoms with Gasteiger partial charge in [0.15, 0.2) is 0 Å². The van der Waals surface area contributed by atoms with Gasteiger partial charge in [0.05, 0.1) is 13.5 Å². The maximum Gasteiger partial charge on any atom is 0.224 e. The third kappa shape index (κ3) is 3.98. The van der Waals surface area contributed by atoms with Gasteiger partial charge >= 0.3 is 0 Å². The lowest BCUT2D eigenvalue weighted by atomic mass is 10.0. The molecule has 0 aliphatic rings. The summed E-state index contributed by atoms with van der Waals surface area (Å²) < 4.78 is 5.27. The zero-order chi connectivity index (χ0) is 15.9. The minimum absolute atomic E-state index is 0.0179. The molecule has 0 aliphatic heterocycles. The van der Waals surface area contributed by atoms with Crippen LogP contribution in [0, 0.1) is 0 Å². The van der Waals surface area contributed by atoms with Crippen molar-refractivity contribution in [3.8, 4) is 5.75 Å². The van der Waals surface area contributed by atoms with Gasteiger partial charge in [-0.15, -0.1) is 0 Å². The molecule has 1 amide bonds. The Morgan fingerprint density at radius 3 is 2.82 bits per heavy atom. The number of ether oxygens (including phenoxy) is 1. The van der Waals surface area contributed by atoms with Gasteiger partial charge in [-0.05, 0) is 41.3 Å². The van der Waals surface area contributed by atoms with Crippen molar-refractivity contribution in [3.63, 3.8) is 0 Å². The summed E-state index contributed by atoms with van der Waals surface area (Å²) in [6, 6.07) is 11.9. The van der Waals surface area contributed by atoms with Crippen LogP contribution in [0.3, 0.4) is 0 Å². The maximum atomic E-state index is 12.2. The van der Waals surface area contributed by atoms with Crippen LogP contribution in [-0.4, -0.2) is 30.8 Å². The molecule has 0 aromatic heterocycles. The van der Waals surface area contributed by atoms with Gasteiger partial charge in [-0.25, -0.2) is 0 Å². The summed E-state index contributed by atoms with van der Waals surface area (Å²) in [6.45, 7) is 2.09. The van der Waals surface area contributed by atoms with E-state index >= 15 is 0 Å². The van der Waals surface area contributed by atoms with Crippen molar-refractivity contribution in [2.24, 2.45) is 0 Å². The molecule has 0 fully saturated rings. The van der Waals surface area contributed by atoms with Crippen LogP contribution in [0.25, 0.3) is 10.8 Å². The van der Waals surface area contributed by atoms with Crippen molar-refractivity contribution in [1.29, 1.82) is 0 Å². The van der Waals surface area contributed by atoms with Crippen molar-refractivity contribution in [3.05, 3.63) is 42.0 Å². The van der Waals surface area contributed by atoms with E-state index in [1.54, 1.807) is 7.11 Å². The Kier molecular flexibility index (Phi) is 5.78. The highest BCUT2D eigenvalue weighted by atomic mass is 16.5. The normalized spacial score (nSPS) is 12.1. The predicted octanol–water partition coefficient (Wildman–Crippen LogP) is 2.67. The van der Waals surface area contributed by atoms with Crippen LogP contribution in [0.4, 0.5) is 0 Å². The number of rotatable bonds is 7. The van der Waals surface area contributed by atoms with Crippen molar-refractivity contribution in [2.75, 3.05) is 13.7 Å². The summed E-state index contributed by atoms with van der Waals surface area (Å²) in [4.78, 5) is 12.2. The molecule has 0 heterocycles. The third-order valence-electron chi connectivity index (χ3n) is 3.87. The van der Waals surface area contributed by atoms with Gasteiger partial charge in [0.25, 0.3) is 0 Å². The number of fused-ring (bicyclic) bond motifs is 1. The molecule has 118 valence electrons. The van der Waals surface area contributed by atoms with E-state index in [9.17, 15) is 4.79 Å². The molecule has 2 aromatic rings. The third-order valence-corrected chi connectivity index (χ3v) is 3.87. The van der Waals surface area contributed by atoms with Crippen LogP contribution in [0.15, 0.2) is 36.4 Å². The van der Waals surface area contributed by atoms with Gasteiger partial charge in [-0.2, -0.15) is 0 Å². The largest absolute Gasteiger partial charge is 0.497 e. The molecule has 0 spiro atoms. The number of hydrogen-bond acceptors (Lipinski definition) is 3. The molecule has 0 aliphatic carbocycles. The molecule has 0 saturated heterocycles. The van der Waals surface area contributed by atoms with Gasteiger partial charge in [0.1, 0.15) is 5.75 Å². The van der Waals surface area contributed by atoms with E-state index in [0.29, 0.717) is 12.8 Å². The first-order chi connectivity index (χ1) is 10.7. The molecule has 2 aromatic carbocycles. The Labute approximate surface area is 131 Å². The minimum Gasteiger partial charge on any atom is -0.497 e. The summed E-state index contributed by atoms with van der Waals surface area (Å²) >= 11 is 0. The first-order valence-corrected chi connectivity index (χ1v) is 7.63. The number of benzene rings is 2. The van der Waals surface area contributed by atoms with Crippen molar-refractivity contribution >= 4 is 16.7 Å². The SMILES string of the molecule is CCC(CCO)NC(=O)Cc1cccc2ccc(OC)cc12. The van der Waals surface area contributed by atoms with E-state index < -0.39 is 0 Å². The maximum absolute atomic E-state index is 12.2. The molecule has 4 heteroatoms. The average Bonchev–Trinajstić information content (AvgIpc) is 2.54. The van der Waals surface area contributed by atoms with E-state index in [2.05, 4.69) is 5.32 Å². The number of aliphatic hydroxyl groups is 1. The van der Waals surface area contributed by atoms with Gasteiger partial charge in [0, 0.05) is 12.6 Å². The van der Waals surface area contributed by atoms with Gasteiger partial charge in [-0.3, -0.25) is 4.79 Å². The molecule has 0 saturated carbocycles. The van der Waals surface area contributed by atoms with Crippen molar-refractivity contribution < 1.29 is 14.6 Å². The number of methoxy groups -OCH3 is 1. The first-order valence-electron chi connectivity index (χ1n) is 7.63. The highest BCUT2D eigenvalue weighted by Crippen LogP contribution is 2.24. The number of carbonyl (C=O) groups excluding carboxylic acids is 1. The second-order valence-electron chi connectivity index (χ2n) is 5.37. The molecule has 22 heavy (non-hydrogen) atoms. The quantitative estimate of drug-likeness (QED) is 0.826. The van der Waals surface area contributed by atoms with Crippen LogP contribution >= 0.6 is 0 Å². The minimum atomic E-state index is -0.0179. The molecule has 0 radical (unpaired) electrons. The molecule has 1 atom stereocenters. The van der Waals surface area contributed by atoms with Gasteiger partial charge < -0.3 is 15.2 Å². The standard InChI is InChI=1S/C18H23NO3/c1-3-15(9-10-20)19-18(21)11-14-6-4-5-13-7-8-16(22-2)12-17(13)14/h4-8,12,15,20H,3,9-11H2,1-2H3,(H,19,21). The first kappa shape index (κ1) is 16.3.